The highest BCUT2D eigenvalue weighted by molar-refractivity contribution is 6.00. The van der Waals surface area contributed by atoms with E-state index in [1.165, 1.54) is 32.2 Å². The van der Waals surface area contributed by atoms with Gasteiger partial charge in [-0.05, 0) is 44.2 Å². The van der Waals surface area contributed by atoms with E-state index in [0.29, 0.717) is 36.1 Å². The molecule has 6 nitrogen and oxygen atoms in total. The van der Waals surface area contributed by atoms with Gasteiger partial charge in [0, 0.05) is 42.6 Å². The van der Waals surface area contributed by atoms with Crippen molar-refractivity contribution in [3.8, 4) is 0 Å². The van der Waals surface area contributed by atoms with Crippen LogP contribution in [0.3, 0.4) is 0 Å². The van der Waals surface area contributed by atoms with Gasteiger partial charge in [-0.1, -0.05) is 45.4 Å². The topological polar surface area (TPSA) is 66.4 Å². The number of piperidine rings is 1. The standard InChI is InChI=1S/C24H36N4O2/c1-4-19-10-7-8-14-27(19)15-9-13-25-24(30)26-22-17-28(16-18(2)3)23(29)21-12-6-5-11-20(21)22/h5-6,11-12,17-19H,4,7-10,13-16H2,1-3H3,(H2,25,26,30)/t19-/m0/s1. The number of likely N-dealkylation sites (tertiary alicyclic amines) is 1. The Morgan fingerprint density at radius 3 is 2.70 bits per heavy atom. The molecule has 1 aromatic carbocycles. The molecule has 1 aliphatic heterocycles. The van der Waals surface area contributed by atoms with Crippen LogP contribution in [0.15, 0.2) is 35.3 Å². The normalized spacial score (nSPS) is 17.4. The lowest BCUT2D eigenvalue weighted by molar-refractivity contribution is 0.142. The molecule has 0 unspecified atom stereocenters. The molecule has 2 heterocycles. The van der Waals surface area contributed by atoms with Gasteiger partial charge in [0.05, 0.1) is 5.69 Å². The first-order chi connectivity index (χ1) is 14.5. The number of amides is 2. The molecule has 0 aliphatic carbocycles. The van der Waals surface area contributed by atoms with Crippen LogP contribution in [0.2, 0.25) is 0 Å². The fourth-order valence-electron chi connectivity index (χ4n) is 4.44. The van der Waals surface area contributed by atoms with E-state index < -0.39 is 0 Å². The zero-order chi connectivity index (χ0) is 21.5. The Bertz CT molecular complexity index is 906. The molecule has 30 heavy (non-hydrogen) atoms. The number of benzene rings is 1. The summed E-state index contributed by atoms with van der Waals surface area (Å²) in [5.74, 6) is 0.340. The molecule has 2 N–H and O–H groups in total. The van der Waals surface area contributed by atoms with Gasteiger partial charge in [0.25, 0.3) is 5.56 Å². The first kappa shape index (κ1) is 22.3. The predicted molar refractivity (Wildman–Crippen MR) is 124 cm³/mol. The minimum Gasteiger partial charge on any atom is -0.338 e. The highest BCUT2D eigenvalue weighted by Gasteiger charge is 2.20. The summed E-state index contributed by atoms with van der Waals surface area (Å²) in [6.07, 6.45) is 7.82. The van der Waals surface area contributed by atoms with Crippen molar-refractivity contribution in [2.75, 3.05) is 25.0 Å². The number of pyridine rings is 1. The summed E-state index contributed by atoms with van der Waals surface area (Å²) >= 11 is 0. The summed E-state index contributed by atoms with van der Waals surface area (Å²) in [6, 6.07) is 7.92. The third-order valence-corrected chi connectivity index (χ3v) is 5.93. The Balaban J connectivity index is 1.60. The maximum absolute atomic E-state index is 12.7. The SMILES string of the molecule is CC[C@H]1CCCCN1CCCNC(=O)Nc1cn(CC(C)C)c(=O)c2ccccc12. The van der Waals surface area contributed by atoms with Crippen molar-refractivity contribution in [3.63, 3.8) is 0 Å². The number of anilines is 1. The van der Waals surface area contributed by atoms with Crippen molar-refractivity contribution >= 4 is 22.5 Å². The van der Waals surface area contributed by atoms with E-state index in [-0.39, 0.29) is 11.6 Å². The van der Waals surface area contributed by atoms with Crippen LogP contribution in [-0.2, 0) is 6.54 Å². The molecule has 0 radical (unpaired) electrons. The highest BCUT2D eigenvalue weighted by Crippen LogP contribution is 2.21. The lowest BCUT2D eigenvalue weighted by Gasteiger charge is -2.35. The first-order valence-electron chi connectivity index (χ1n) is 11.4. The molecule has 6 heteroatoms. The van der Waals surface area contributed by atoms with Gasteiger partial charge >= 0.3 is 6.03 Å². The number of nitrogens with zero attached hydrogens (tertiary/aromatic N) is 2. The third-order valence-electron chi connectivity index (χ3n) is 5.93. The van der Waals surface area contributed by atoms with Crippen LogP contribution in [0.1, 0.15) is 52.9 Å². The minimum atomic E-state index is -0.222. The van der Waals surface area contributed by atoms with Crippen LogP contribution in [0, 0.1) is 5.92 Å². The second-order valence-electron chi connectivity index (χ2n) is 8.77. The van der Waals surface area contributed by atoms with Gasteiger partial charge in [-0.15, -0.1) is 0 Å². The van der Waals surface area contributed by atoms with Crippen molar-refractivity contribution < 1.29 is 4.79 Å². The molecule has 2 amide bonds. The molecule has 1 atom stereocenters. The summed E-state index contributed by atoms with van der Waals surface area (Å²) in [4.78, 5) is 27.8. The van der Waals surface area contributed by atoms with Gasteiger partial charge in [-0.25, -0.2) is 4.79 Å². The van der Waals surface area contributed by atoms with Crippen molar-refractivity contribution in [1.82, 2.24) is 14.8 Å². The van der Waals surface area contributed by atoms with E-state index in [1.54, 1.807) is 10.8 Å². The molecule has 3 rings (SSSR count). The lowest BCUT2D eigenvalue weighted by atomic mass is 10.00. The first-order valence-corrected chi connectivity index (χ1v) is 11.4. The second-order valence-corrected chi connectivity index (χ2v) is 8.77. The Morgan fingerprint density at radius 1 is 1.20 bits per heavy atom. The third kappa shape index (κ3) is 5.63. The van der Waals surface area contributed by atoms with E-state index >= 15 is 0 Å². The van der Waals surface area contributed by atoms with E-state index in [1.807, 2.05) is 24.3 Å². The van der Waals surface area contributed by atoms with Gasteiger partial charge in [0.2, 0.25) is 0 Å². The van der Waals surface area contributed by atoms with Gasteiger partial charge in [0.15, 0.2) is 0 Å². The van der Waals surface area contributed by atoms with Gasteiger partial charge in [-0.3, -0.25) is 4.79 Å². The van der Waals surface area contributed by atoms with Crippen LogP contribution in [0.4, 0.5) is 10.5 Å². The molecule has 1 aromatic heterocycles. The Kier molecular flexibility index (Phi) is 7.91. The molecular weight excluding hydrogens is 376 g/mol. The van der Waals surface area contributed by atoms with Gasteiger partial charge in [0.1, 0.15) is 0 Å². The number of carbonyl (C=O) groups excluding carboxylic acids is 1. The van der Waals surface area contributed by atoms with Crippen LogP contribution in [-0.4, -0.2) is 41.2 Å². The fraction of sp³-hybridized carbons (Fsp3) is 0.583. The summed E-state index contributed by atoms with van der Waals surface area (Å²) in [5.41, 5.74) is 0.655. The average Bonchev–Trinajstić information content (AvgIpc) is 2.74. The van der Waals surface area contributed by atoms with Gasteiger partial charge in [-0.2, -0.15) is 0 Å². The number of carbonyl (C=O) groups is 1. The average molecular weight is 413 g/mol. The van der Waals surface area contributed by atoms with Crippen molar-refractivity contribution in [3.05, 3.63) is 40.8 Å². The Hall–Kier alpha value is -2.34. The van der Waals surface area contributed by atoms with Crippen LogP contribution < -0.4 is 16.2 Å². The number of hydrogen-bond donors (Lipinski definition) is 2. The number of hydrogen-bond acceptors (Lipinski definition) is 3. The van der Waals surface area contributed by atoms with Crippen molar-refractivity contribution in [1.29, 1.82) is 0 Å². The van der Waals surface area contributed by atoms with E-state index in [0.717, 1.165) is 18.4 Å². The van der Waals surface area contributed by atoms with Gasteiger partial charge < -0.3 is 20.1 Å². The van der Waals surface area contributed by atoms with E-state index in [4.69, 9.17) is 0 Å². The molecule has 1 saturated heterocycles. The van der Waals surface area contributed by atoms with Crippen LogP contribution in [0.5, 0.6) is 0 Å². The van der Waals surface area contributed by atoms with E-state index in [9.17, 15) is 9.59 Å². The Labute approximate surface area is 179 Å². The number of urea groups is 1. The number of aromatic nitrogens is 1. The quantitative estimate of drug-likeness (QED) is 0.630. The smallest absolute Gasteiger partial charge is 0.319 e. The highest BCUT2D eigenvalue weighted by atomic mass is 16.2. The Morgan fingerprint density at radius 2 is 1.97 bits per heavy atom. The second kappa shape index (κ2) is 10.6. The van der Waals surface area contributed by atoms with Crippen LogP contribution >= 0.6 is 0 Å². The molecular formula is C24H36N4O2. The zero-order valence-electron chi connectivity index (χ0n) is 18.6. The zero-order valence-corrected chi connectivity index (χ0v) is 18.6. The molecule has 0 saturated carbocycles. The molecule has 164 valence electrons. The molecule has 1 fully saturated rings. The minimum absolute atomic E-state index is 0.0164. The van der Waals surface area contributed by atoms with Crippen molar-refractivity contribution in [2.24, 2.45) is 5.92 Å². The predicted octanol–water partition coefficient (Wildman–Crippen LogP) is 4.43. The maximum atomic E-state index is 12.7. The summed E-state index contributed by atoms with van der Waals surface area (Å²) in [6.45, 7) is 9.88. The summed E-state index contributed by atoms with van der Waals surface area (Å²) < 4.78 is 1.70. The molecule has 1 aliphatic rings. The maximum Gasteiger partial charge on any atom is 0.319 e. The molecule has 2 aromatic rings. The van der Waals surface area contributed by atoms with Crippen LogP contribution in [0.25, 0.3) is 10.8 Å². The monoisotopic (exact) mass is 412 g/mol. The molecule has 0 spiro atoms. The number of nitrogens with one attached hydrogen (secondary N) is 2. The number of fused-ring (bicyclic) bond motifs is 1. The van der Waals surface area contributed by atoms with Crippen molar-refractivity contribution in [2.45, 2.75) is 65.5 Å². The summed E-state index contributed by atoms with van der Waals surface area (Å²) in [5, 5.41) is 7.35. The largest absolute Gasteiger partial charge is 0.338 e. The molecule has 0 bridgehead atoms. The fourth-order valence-corrected chi connectivity index (χ4v) is 4.44. The van der Waals surface area contributed by atoms with E-state index in [2.05, 4.69) is 36.3 Å². The number of rotatable bonds is 8. The summed E-state index contributed by atoms with van der Waals surface area (Å²) in [7, 11) is 0. The lowest BCUT2D eigenvalue weighted by Crippen LogP contribution is -2.41.